The number of para-hydroxylation sites is 1. The van der Waals surface area contributed by atoms with Crippen molar-refractivity contribution in [3.8, 4) is 0 Å². The molecular formula is C13H18N2O3. The van der Waals surface area contributed by atoms with Gasteiger partial charge in [-0.05, 0) is 12.1 Å². The predicted molar refractivity (Wildman–Crippen MR) is 68.6 cm³/mol. The maximum Gasteiger partial charge on any atom is 0.339 e. The van der Waals surface area contributed by atoms with E-state index in [-0.39, 0.29) is 11.4 Å². The normalized spacial score (nSPS) is 16.8. The molecule has 2 rings (SSSR count). The quantitative estimate of drug-likeness (QED) is 0.758. The molecule has 1 saturated heterocycles. The van der Waals surface area contributed by atoms with E-state index in [4.69, 9.17) is 15.2 Å². The van der Waals surface area contributed by atoms with Crippen LogP contribution in [0.25, 0.3) is 0 Å². The molecule has 0 atom stereocenters. The van der Waals surface area contributed by atoms with E-state index in [1.54, 1.807) is 6.07 Å². The highest BCUT2D eigenvalue weighted by Gasteiger charge is 2.37. The van der Waals surface area contributed by atoms with Gasteiger partial charge in [0.1, 0.15) is 0 Å². The number of methoxy groups -OCH3 is 1. The molecule has 3 N–H and O–H groups in total. The molecule has 1 heterocycles. The predicted octanol–water partition coefficient (Wildman–Crippen LogP) is 0.860. The lowest BCUT2D eigenvalue weighted by atomic mass is 9.86. The molecule has 18 heavy (non-hydrogen) atoms. The first kappa shape index (κ1) is 12.9. The van der Waals surface area contributed by atoms with Crippen molar-refractivity contribution in [2.24, 2.45) is 11.1 Å². The monoisotopic (exact) mass is 250 g/mol. The summed E-state index contributed by atoms with van der Waals surface area (Å²) in [6.45, 7) is 2.59. The number of esters is 1. The minimum Gasteiger partial charge on any atom is -0.465 e. The molecule has 0 radical (unpaired) electrons. The number of nitrogens with two attached hydrogens (primary N) is 1. The van der Waals surface area contributed by atoms with Crippen LogP contribution in [0, 0.1) is 5.41 Å². The number of nitrogens with one attached hydrogen (secondary N) is 1. The number of ether oxygens (including phenoxy) is 2. The molecule has 5 heteroatoms. The van der Waals surface area contributed by atoms with Crippen molar-refractivity contribution in [3.63, 3.8) is 0 Å². The van der Waals surface area contributed by atoms with Gasteiger partial charge in [-0.15, -0.1) is 0 Å². The van der Waals surface area contributed by atoms with Crippen molar-refractivity contribution in [1.29, 1.82) is 0 Å². The topological polar surface area (TPSA) is 73.6 Å². The summed E-state index contributed by atoms with van der Waals surface area (Å²) in [7, 11) is 1.38. The standard InChI is InChI=1S/C13H18N2O3/c1-17-12(16)10-4-2-3-5-11(10)15-7-13(6-14)8-18-9-13/h2-5,15H,6-9,14H2,1H3. The highest BCUT2D eigenvalue weighted by Crippen LogP contribution is 2.27. The van der Waals surface area contributed by atoms with E-state index in [2.05, 4.69) is 5.32 Å². The summed E-state index contributed by atoms with van der Waals surface area (Å²) in [6, 6.07) is 7.28. The van der Waals surface area contributed by atoms with Gasteiger partial charge in [-0.2, -0.15) is 0 Å². The van der Waals surface area contributed by atoms with E-state index < -0.39 is 0 Å². The fourth-order valence-electron chi connectivity index (χ4n) is 1.89. The maximum absolute atomic E-state index is 11.6. The smallest absolute Gasteiger partial charge is 0.339 e. The Balaban J connectivity index is 2.07. The first-order valence-electron chi connectivity index (χ1n) is 5.90. The molecular weight excluding hydrogens is 232 g/mol. The summed E-state index contributed by atoms with van der Waals surface area (Å²) < 4.78 is 9.95. The fraction of sp³-hybridized carbons (Fsp3) is 0.462. The third-order valence-electron chi connectivity index (χ3n) is 3.24. The highest BCUT2D eigenvalue weighted by molar-refractivity contribution is 5.95. The Kier molecular flexibility index (Phi) is 3.84. The van der Waals surface area contributed by atoms with E-state index in [1.807, 2.05) is 18.2 Å². The number of rotatable bonds is 5. The molecule has 0 aliphatic carbocycles. The zero-order valence-corrected chi connectivity index (χ0v) is 10.4. The minimum atomic E-state index is -0.343. The van der Waals surface area contributed by atoms with Gasteiger partial charge in [0.15, 0.2) is 0 Å². The SMILES string of the molecule is COC(=O)c1ccccc1NCC1(CN)COC1. The van der Waals surface area contributed by atoms with Crippen LogP contribution in [-0.4, -0.2) is 39.4 Å². The van der Waals surface area contributed by atoms with Crippen molar-refractivity contribution < 1.29 is 14.3 Å². The molecule has 0 unspecified atom stereocenters. The first-order chi connectivity index (χ1) is 8.71. The molecule has 1 aromatic rings. The van der Waals surface area contributed by atoms with E-state index in [1.165, 1.54) is 7.11 Å². The molecule has 1 aliphatic rings. The van der Waals surface area contributed by atoms with Crippen LogP contribution in [0.3, 0.4) is 0 Å². The number of hydrogen-bond acceptors (Lipinski definition) is 5. The summed E-state index contributed by atoms with van der Waals surface area (Å²) >= 11 is 0. The van der Waals surface area contributed by atoms with Gasteiger partial charge in [-0.3, -0.25) is 0 Å². The van der Waals surface area contributed by atoms with Gasteiger partial charge in [-0.1, -0.05) is 12.1 Å². The van der Waals surface area contributed by atoms with Gasteiger partial charge in [0.2, 0.25) is 0 Å². The van der Waals surface area contributed by atoms with Crippen LogP contribution in [0.5, 0.6) is 0 Å². The molecule has 0 bridgehead atoms. The maximum atomic E-state index is 11.6. The van der Waals surface area contributed by atoms with Gasteiger partial charge in [-0.25, -0.2) is 4.79 Å². The molecule has 0 spiro atoms. The number of anilines is 1. The summed E-state index contributed by atoms with van der Waals surface area (Å²) in [4.78, 5) is 11.6. The largest absolute Gasteiger partial charge is 0.465 e. The van der Waals surface area contributed by atoms with E-state index >= 15 is 0 Å². The number of carbonyl (C=O) groups is 1. The van der Waals surface area contributed by atoms with Crippen molar-refractivity contribution in [2.75, 3.05) is 38.7 Å². The number of hydrogen-bond donors (Lipinski definition) is 2. The Bertz CT molecular complexity index is 424. The molecule has 1 fully saturated rings. The first-order valence-corrected chi connectivity index (χ1v) is 5.90. The summed E-state index contributed by atoms with van der Waals surface area (Å²) in [5, 5.41) is 3.26. The van der Waals surface area contributed by atoms with Crippen molar-refractivity contribution in [3.05, 3.63) is 29.8 Å². The van der Waals surface area contributed by atoms with Crippen LogP contribution in [0.1, 0.15) is 10.4 Å². The van der Waals surface area contributed by atoms with Gasteiger partial charge < -0.3 is 20.5 Å². The third-order valence-corrected chi connectivity index (χ3v) is 3.24. The van der Waals surface area contributed by atoms with Crippen LogP contribution >= 0.6 is 0 Å². The second-order valence-corrected chi connectivity index (χ2v) is 4.59. The Morgan fingerprint density at radius 3 is 2.78 bits per heavy atom. The van der Waals surface area contributed by atoms with Gasteiger partial charge >= 0.3 is 5.97 Å². The summed E-state index contributed by atoms with van der Waals surface area (Å²) in [5.74, 6) is -0.343. The lowest BCUT2D eigenvalue weighted by molar-refractivity contribution is -0.0979. The second kappa shape index (κ2) is 5.37. The summed E-state index contributed by atoms with van der Waals surface area (Å²) in [5.41, 5.74) is 7.04. The fourth-order valence-corrected chi connectivity index (χ4v) is 1.89. The Hall–Kier alpha value is -1.59. The average molecular weight is 250 g/mol. The zero-order chi connectivity index (χ0) is 13.0. The van der Waals surface area contributed by atoms with Crippen LogP contribution in [0.15, 0.2) is 24.3 Å². The minimum absolute atomic E-state index is 0.0107. The Labute approximate surface area is 106 Å². The van der Waals surface area contributed by atoms with Gasteiger partial charge in [0.05, 0.1) is 25.9 Å². The van der Waals surface area contributed by atoms with Crippen molar-refractivity contribution in [1.82, 2.24) is 0 Å². The molecule has 0 saturated carbocycles. The Morgan fingerprint density at radius 2 is 2.22 bits per heavy atom. The van der Waals surface area contributed by atoms with E-state index in [0.29, 0.717) is 31.9 Å². The van der Waals surface area contributed by atoms with Gasteiger partial charge in [0, 0.05) is 24.2 Å². The van der Waals surface area contributed by atoms with Crippen LogP contribution in [0.2, 0.25) is 0 Å². The second-order valence-electron chi connectivity index (χ2n) is 4.59. The van der Waals surface area contributed by atoms with Crippen molar-refractivity contribution in [2.45, 2.75) is 0 Å². The zero-order valence-electron chi connectivity index (χ0n) is 10.4. The van der Waals surface area contributed by atoms with Crippen LogP contribution < -0.4 is 11.1 Å². The third kappa shape index (κ3) is 2.47. The lowest BCUT2D eigenvalue weighted by Gasteiger charge is -2.40. The molecule has 98 valence electrons. The Morgan fingerprint density at radius 1 is 1.50 bits per heavy atom. The van der Waals surface area contributed by atoms with E-state index in [0.717, 1.165) is 5.69 Å². The lowest BCUT2D eigenvalue weighted by Crippen LogP contribution is -2.52. The van der Waals surface area contributed by atoms with Gasteiger partial charge in [0.25, 0.3) is 0 Å². The van der Waals surface area contributed by atoms with Crippen LogP contribution in [0.4, 0.5) is 5.69 Å². The van der Waals surface area contributed by atoms with Crippen molar-refractivity contribution >= 4 is 11.7 Å². The molecule has 0 aromatic heterocycles. The molecule has 1 aliphatic heterocycles. The number of carbonyl (C=O) groups excluding carboxylic acids is 1. The highest BCUT2D eigenvalue weighted by atomic mass is 16.5. The molecule has 1 aromatic carbocycles. The number of benzene rings is 1. The van der Waals surface area contributed by atoms with E-state index in [9.17, 15) is 4.79 Å². The average Bonchev–Trinajstić information content (AvgIpc) is 2.37. The van der Waals surface area contributed by atoms with Crippen LogP contribution in [-0.2, 0) is 9.47 Å². The molecule has 0 amide bonds. The molecule has 5 nitrogen and oxygen atoms in total. The summed E-state index contributed by atoms with van der Waals surface area (Å²) in [6.07, 6.45) is 0.